The van der Waals surface area contributed by atoms with Gasteiger partial charge < -0.3 is 34.5 Å². The Bertz CT molecular complexity index is 1170. The molecule has 0 fully saturated rings. The van der Waals surface area contributed by atoms with E-state index in [1.165, 1.54) is 38.5 Å². The van der Waals surface area contributed by atoms with Crippen molar-refractivity contribution < 1.29 is 48.3 Å². The van der Waals surface area contributed by atoms with Gasteiger partial charge in [0.25, 0.3) is 5.91 Å². The Morgan fingerprint density at radius 3 is 2.44 bits per heavy atom. The molecule has 2 aromatic carbocycles. The van der Waals surface area contributed by atoms with Crippen LogP contribution in [0.3, 0.4) is 0 Å². The van der Waals surface area contributed by atoms with Gasteiger partial charge in [0.2, 0.25) is 5.78 Å². The summed E-state index contributed by atoms with van der Waals surface area (Å²) in [6.07, 6.45) is 0.757. The van der Waals surface area contributed by atoms with Gasteiger partial charge in [0.15, 0.2) is 12.4 Å². The van der Waals surface area contributed by atoms with Crippen LogP contribution in [-0.2, 0) is 14.4 Å². The first-order valence-electron chi connectivity index (χ1n) is 9.89. The van der Waals surface area contributed by atoms with Gasteiger partial charge >= 0.3 is 11.9 Å². The van der Waals surface area contributed by atoms with Crippen LogP contribution in [0.15, 0.2) is 42.2 Å². The maximum Gasteiger partial charge on any atom is 0.326 e. The van der Waals surface area contributed by atoms with Crippen LogP contribution in [0.2, 0.25) is 0 Å². The molecular weight excluding hydrogens is 450 g/mol. The van der Waals surface area contributed by atoms with Gasteiger partial charge in [0.05, 0.1) is 26.2 Å². The highest BCUT2D eigenvalue weighted by molar-refractivity contribution is 6.14. The molecule has 0 radical (unpaired) electrons. The molecule has 2 aromatic rings. The van der Waals surface area contributed by atoms with E-state index < -0.39 is 36.9 Å². The molecule has 0 aromatic heterocycles. The van der Waals surface area contributed by atoms with Gasteiger partial charge in [-0.1, -0.05) is 0 Å². The lowest BCUT2D eigenvalue weighted by Gasteiger charge is -2.13. The number of carboxylic acid groups (broad SMARTS) is 2. The van der Waals surface area contributed by atoms with E-state index in [9.17, 15) is 19.2 Å². The highest BCUT2D eigenvalue weighted by atomic mass is 16.5. The molecule has 0 spiro atoms. The highest BCUT2D eigenvalue weighted by Gasteiger charge is 2.28. The second kappa shape index (κ2) is 10.4. The number of ketones is 1. The van der Waals surface area contributed by atoms with Crippen molar-refractivity contribution in [2.75, 3.05) is 20.8 Å². The Kier molecular flexibility index (Phi) is 7.36. The van der Waals surface area contributed by atoms with Crippen molar-refractivity contribution in [3.63, 3.8) is 0 Å². The first-order valence-corrected chi connectivity index (χ1v) is 9.89. The number of hydrogen-bond acceptors (Lipinski definition) is 8. The second-order valence-electron chi connectivity index (χ2n) is 7.05. The lowest BCUT2D eigenvalue weighted by molar-refractivity contribution is -0.147. The first-order chi connectivity index (χ1) is 16.2. The smallest absolute Gasteiger partial charge is 0.326 e. The van der Waals surface area contributed by atoms with E-state index in [2.05, 4.69) is 5.32 Å². The largest absolute Gasteiger partial charge is 0.497 e. The fourth-order valence-corrected chi connectivity index (χ4v) is 3.10. The fourth-order valence-electron chi connectivity index (χ4n) is 3.10. The normalized spacial score (nSPS) is 14.1. The summed E-state index contributed by atoms with van der Waals surface area (Å²) in [4.78, 5) is 46.4. The topological polar surface area (TPSA) is 158 Å². The summed E-state index contributed by atoms with van der Waals surface area (Å²) in [5, 5.41) is 19.8. The maximum atomic E-state index is 12.7. The molecule has 34 heavy (non-hydrogen) atoms. The number of fused-ring (bicyclic) bond motifs is 1. The van der Waals surface area contributed by atoms with Crippen LogP contribution in [0.25, 0.3) is 6.08 Å². The highest BCUT2D eigenvalue weighted by Crippen LogP contribution is 2.36. The predicted molar refractivity (Wildman–Crippen MR) is 116 cm³/mol. The van der Waals surface area contributed by atoms with E-state index in [0.717, 1.165) is 0 Å². The Balaban J connectivity index is 1.69. The average molecular weight is 471 g/mol. The number of aliphatic carboxylic acids is 2. The Morgan fingerprint density at radius 2 is 1.79 bits per heavy atom. The van der Waals surface area contributed by atoms with Crippen LogP contribution < -0.4 is 24.3 Å². The number of benzene rings is 2. The van der Waals surface area contributed by atoms with Crippen molar-refractivity contribution in [2.45, 2.75) is 12.5 Å². The number of rotatable bonds is 10. The number of nitrogens with one attached hydrogen (secondary N) is 1. The number of hydrogen-bond donors (Lipinski definition) is 3. The van der Waals surface area contributed by atoms with Gasteiger partial charge in [-0.05, 0) is 30.3 Å². The van der Waals surface area contributed by atoms with Crippen molar-refractivity contribution in [3.8, 4) is 23.0 Å². The number of ether oxygens (including phenoxy) is 4. The molecule has 1 aliphatic heterocycles. The molecule has 178 valence electrons. The molecule has 1 aliphatic rings. The van der Waals surface area contributed by atoms with E-state index in [4.69, 9.17) is 29.2 Å². The van der Waals surface area contributed by atoms with Crippen molar-refractivity contribution in [3.05, 3.63) is 53.3 Å². The molecule has 11 heteroatoms. The number of Topliss-reactive ketones (excluding diaryl/α,β-unsaturated/α-hetero) is 1. The number of carboxylic acids is 2. The van der Waals surface area contributed by atoms with Crippen LogP contribution in [0, 0.1) is 0 Å². The predicted octanol–water partition coefficient (Wildman–Crippen LogP) is 1.74. The summed E-state index contributed by atoms with van der Waals surface area (Å²) < 4.78 is 21.5. The third-order valence-corrected chi connectivity index (χ3v) is 4.75. The number of methoxy groups -OCH3 is 2. The van der Waals surface area contributed by atoms with Gasteiger partial charge in [0.1, 0.15) is 29.0 Å². The number of carbonyl (C=O) groups excluding carboxylic acids is 2. The fraction of sp³-hybridized carbons (Fsp3) is 0.217. The van der Waals surface area contributed by atoms with Gasteiger partial charge in [-0.3, -0.25) is 14.4 Å². The molecule has 1 heterocycles. The third-order valence-electron chi connectivity index (χ3n) is 4.75. The summed E-state index contributed by atoms with van der Waals surface area (Å²) in [5.74, 6) is -2.48. The first kappa shape index (κ1) is 24.1. The minimum absolute atomic E-state index is 0.0614. The van der Waals surface area contributed by atoms with E-state index in [1.54, 1.807) is 18.2 Å². The third kappa shape index (κ3) is 5.63. The summed E-state index contributed by atoms with van der Waals surface area (Å²) in [6.45, 7) is -0.568. The minimum Gasteiger partial charge on any atom is -0.497 e. The molecule has 1 atom stereocenters. The van der Waals surface area contributed by atoms with Crippen LogP contribution in [-0.4, -0.2) is 60.7 Å². The monoisotopic (exact) mass is 471 g/mol. The zero-order valence-corrected chi connectivity index (χ0v) is 18.2. The molecule has 11 nitrogen and oxygen atoms in total. The molecule has 1 amide bonds. The Morgan fingerprint density at radius 1 is 1.06 bits per heavy atom. The van der Waals surface area contributed by atoms with E-state index in [1.807, 2.05) is 0 Å². The Labute approximate surface area is 193 Å². The average Bonchev–Trinajstić information content (AvgIpc) is 3.11. The lowest BCUT2D eigenvalue weighted by Crippen LogP contribution is -2.44. The second-order valence-corrected chi connectivity index (χ2v) is 7.05. The van der Waals surface area contributed by atoms with Crippen molar-refractivity contribution in [1.82, 2.24) is 5.32 Å². The molecule has 0 aliphatic carbocycles. The number of carbonyl (C=O) groups is 4. The Hall–Kier alpha value is -4.54. The van der Waals surface area contributed by atoms with Gasteiger partial charge in [-0.15, -0.1) is 0 Å². The van der Waals surface area contributed by atoms with Crippen LogP contribution in [0.4, 0.5) is 0 Å². The van der Waals surface area contributed by atoms with E-state index in [-0.39, 0.29) is 23.0 Å². The molecular formula is C23H21NO10. The van der Waals surface area contributed by atoms with Crippen LogP contribution in [0.1, 0.15) is 22.3 Å². The summed E-state index contributed by atoms with van der Waals surface area (Å²) >= 11 is 0. The van der Waals surface area contributed by atoms with E-state index >= 15 is 0 Å². The zero-order chi connectivity index (χ0) is 24.8. The number of allylic oxidation sites excluding steroid dienone is 1. The summed E-state index contributed by atoms with van der Waals surface area (Å²) in [5.41, 5.74) is 0.893. The SMILES string of the molecule is COc1ccc(C=C2Oc3cc(OCC(=O)N[C@@H](CC(=O)O)C(=O)O)ccc3C2=O)c(OC)c1. The van der Waals surface area contributed by atoms with E-state index in [0.29, 0.717) is 22.6 Å². The minimum atomic E-state index is -1.59. The van der Waals surface area contributed by atoms with Crippen LogP contribution >= 0.6 is 0 Å². The maximum absolute atomic E-state index is 12.7. The summed E-state index contributed by atoms with van der Waals surface area (Å²) in [6, 6.07) is 7.85. The van der Waals surface area contributed by atoms with Crippen molar-refractivity contribution in [1.29, 1.82) is 0 Å². The quantitative estimate of drug-likeness (QED) is 0.436. The van der Waals surface area contributed by atoms with Gasteiger partial charge in [0, 0.05) is 17.7 Å². The molecule has 3 rings (SSSR count). The molecule has 0 unspecified atom stereocenters. The number of amides is 1. The van der Waals surface area contributed by atoms with Gasteiger partial charge in [-0.2, -0.15) is 0 Å². The zero-order valence-electron chi connectivity index (χ0n) is 18.2. The standard InChI is InChI=1S/C23H21NO10/c1-31-13-4-3-12(17(8-13)32-2)7-19-22(28)15-6-5-14(9-18(15)34-19)33-11-20(25)24-16(23(29)30)10-21(26)27/h3-9,16H,10-11H2,1-2H3,(H,24,25)(H,26,27)(H,29,30)/t16-/m0/s1. The lowest BCUT2D eigenvalue weighted by atomic mass is 10.1. The molecule has 0 saturated heterocycles. The van der Waals surface area contributed by atoms with Crippen molar-refractivity contribution in [2.24, 2.45) is 0 Å². The summed E-state index contributed by atoms with van der Waals surface area (Å²) in [7, 11) is 3.01. The molecule has 0 bridgehead atoms. The van der Waals surface area contributed by atoms with Gasteiger partial charge in [-0.25, -0.2) is 4.79 Å². The molecule has 0 saturated carbocycles. The van der Waals surface area contributed by atoms with Crippen LogP contribution in [0.5, 0.6) is 23.0 Å². The molecule has 3 N–H and O–H groups in total. The van der Waals surface area contributed by atoms with Crippen molar-refractivity contribution >= 4 is 29.7 Å².